The summed E-state index contributed by atoms with van der Waals surface area (Å²) in [5.74, 6) is 0.592. The second kappa shape index (κ2) is 4.63. The third-order valence-electron chi connectivity index (χ3n) is 3.30. The largest absolute Gasteiger partial charge is 0.297 e. The zero-order valence-corrected chi connectivity index (χ0v) is 11.3. The Kier molecular flexibility index (Phi) is 4.03. The SMILES string of the molecule is CC1CC(NC(C)S(=O)(=O)O)CC(C)(C)C1. The van der Waals surface area contributed by atoms with Crippen LogP contribution in [0.15, 0.2) is 0 Å². The molecule has 0 amide bonds. The zero-order valence-electron chi connectivity index (χ0n) is 10.5. The molecule has 0 radical (unpaired) electrons. The molecular weight excluding hydrogens is 226 g/mol. The first-order valence-electron chi connectivity index (χ1n) is 5.82. The summed E-state index contributed by atoms with van der Waals surface area (Å²) in [6.45, 7) is 8.08. The highest BCUT2D eigenvalue weighted by Crippen LogP contribution is 2.38. The van der Waals surface area contributed by atoms with Crippen LogP contribution in [-0.2, 0) is 10.1 Å². The van der Waals surface area contributed by atoms with E-state index in [9.17, 15) is 8.42 Å². The van der Waals surface area contributed by atoms with Crippen LogP contribution in [0.3, 0.4) is 0 Å². The summed E-state index contributed by atoms with van der Waals surface area (Å²) in [5, 5.41) is 2.13. The van der Waals surface area contributed by atoms with Crippen LogP contribution in [0.1, 0.15) is 47.0 Å². The van der Waals surface area contributed by atoms with Crippen molar-refractivity contribution in [2.24, 2.45) is 11.3 Å². The molecule has 0 aromatic carbocycles. The van der Waals surface area contributed by atoms with E-state index < -0.39 is 15.5 Å². The highest BCUT2D eigenvalue weighted by Gasteiger charge is 2.33. The van der Waals surface area contributed by atoms with Gasteiger partial charge in [-0.05, 0) is 37.5 Å². The van der Waals surface area contributed by atoms with Gasteiger partial charge in [0.15, 0.2) is 0 Å². The van der Waals surface area contributed by atoms with Crippen molar-refractivity contribution in [1.29, 1.82) is 0 Å². The van der Waals surface area contributed by atoms with Gasteiger partial charge in [0.1, 0.15) is 5.37 Å². The summed E-state index contributed by atoms with van der Waals surface area (Å²) < 4.78 is 30.8. The molecule has 1 fully saturated rings. The minimum absolute atomic E-state index is 0.177. The van der Waals surface area contributed by atoms with Crippen molar-refractivity contribution in [2.45, 2.75) is 58.4 Å². The molecule has 0 bridgehead atoms. The van der Waals surface area contributed by atoms with Crippen molar-refractivity contribution in [3.63, 3.8) is 0 Å². The summed E-state index contributed by atoms with van der Waals surface area (Å²) in [6.07, 6.45) is 3.10. The standard InChI is InChI=1S/C11H23NO3S/c1-8-5-10(7-11(3,4)6-8)12-9(2)16(13,14)15/h8-10,12H,5-7H2,1-4H3,(H,13,14,15). The maximum Gasteiger partial charge on any atom is 0.280 e. The predicted octanol–water partition coefficient (Wildman–Crippen LogP) is 2.02. The van der Waals surface area contributed by atoms with Crippen molar-refractivity contribution in [1.82, 2.24) is 5.32 Å². The Hall–Kier alpha value is -0.130. The van der Waals surface area contributed by atoms with Gasteiger partial charge in [-0.25, -0.2) is 0 Å². The summed E-state index contributed by atoms with van der Waals surface area (Å²) in [4.78, 5) is 0. The van der Waals surface area contributed by atoms with Gasteiger partial charge in [0.05, 0.1) is 0 Å². The molecule has 0 aromatic rings. The third kappa shape index (κ3) is 4.03. The average molecular weight is 249 g/mol. The van der Waals surface area contributed by atoms with Gasteiger partial charge in [-0.2, -0.15) is 8.42 Å². The second-order valence-electron chi connectivity index (χ2n) is 5.93. The summed E-state index contributed by atoms with van der Waals surface area (Å²) in [7, 11) is -3.97. The first kappa shape index (κ1) is 13.9. The van der Waals surface area contributed by atoms with Crippen LogP contribution >= 0.6 is 0 Å². The van der Waals surface area contributed by atoms with Crippen LogP contribution in [-0.4, -0.2) is 24.4 Å². The van der Waals surface area contributed by atoms with Crippen LogP contribution in [0.4, 0.5) is 0 Å². The zero-order chi connectivity index (χ0) is 12.6. The lowest BCUT2D eigenvalue weighted by atomic mass is 9.70. The monoisotopic (exact) mass is 249 g/mol. The maximum absolute atomic E-state index is 10.9. The summed E-state index contributed by atoms with van der Waals surface area (Å²) >= 11 is 0. The van der Waals surface area contributed by atoms with Crippen molar-refractivity contribution in [3.8, 4) is 0 Å². The second-order valence-corrected chi connectivity index (χ2v) is 7.67. The molecule has 4 nitrogen and oxygen atoms in total. The van der Waals surface area contributed by atoms with Crippen LogP contribution in [0.25, 0.3) is 0 Å². The van der Waals surface area contributed by atoms with Gasteiger partial charge >= 0.3 is 0 Å². The molecule has 5 heteroatoms. The van der Waals surface area contributed by atoms with Gasteiger partial charge in [-0.1, -0.05) is 20.8 Å². The van der Waals surface area contributed by atoms with Gasteiger partial charge in [0.2, 0.25) is 0 Å². The molecule has 96 valence electrons. The molecule has 0 aromatic heterocycles. The molecule has 3 unspecified atom stereocenters. The van der Waals surface area contributed by atoms with E-state index >= 15 is 0 Å². The van der Waals surface area contributed by atoms with Crippen LogP contribution in [0.2, 0.25) is 0 Å². The van der Waals surface area contributed by atoms with Gasteiger partial charge in [0, 0.05) is 6.04 Å². The lowest BCUT2D eigenvalue weighted by Gasteiger charge is -2.40. The molecule has 16 heavy (non-hydrogen) atoms. The predicted molar refractivity (Wildman–Crippen MR) is 64.7 cm³/mol. The fraction of sp³-hybridized carbons (Fsp3) is 1.00. The van der Waals surface area contributed by atoms with E-state index in [4.69, 9.17) is 4.55 Å². The minimum atomic E-state index is -3.97. The molecule has 3 atom stereocenters. The van der Waals surface area contributed by atoms with Gasteiger partial charge in [-0.3, -0.25) is 9.87 Å². The number of hydrogen-bond donors (Lipinski definition) is 2. The molecule has 0 aliphatic heterocycles. The molecule has 2 N–H and O–H groups in total. The lowest BCUT2D eigenvalue weighted by Crippen LogP contribution is -2.46. The number of rotatable bonds is 3. The molecule has 0 heterocycles. The number of nitrogens with one attached hydrogen (secondary N) is 1. The topological polar surface area (TPSA) is 66.4 Å². The quantitative estimate of drug-likeness (QED) is 0.751. The van der Waals surface area contributed by atoms with Gasteiger partial charge in [-0.15, -0.1) is 0 Å². The average Bonchev–Trinajstić information content (AvgIpc) is 1.97. The van der Waals surface area contributed by atoms with Gasteiger partial charge < -0.3 is 0 Å². The highest BCUT2D eigenvalue weighted by molar-refractivity contribution is 7.86. The minimum Gasteiger partial charge on any atom is -0.297 e. The van der Waals surface area contributed by atoms with Crippen LogP contribution in [0, 0.1) is 11.3 Å². The smallest absolute Gasteiger partial charge is 0.280 e. The van der Waals surface area contributed by atoms with Crippen LogP contribution in [0.5, 0.6) is 0 Å². The van der Waals surface area contributed by atoms with Crippen molar-refractivity contribution >= 4 is 10.1 Å². The van der Waals surface area contributed by atoms with E-state index in [2.05, 4.69) is 26.1 Å². The van der Waals surface area contributed by atoms with E-state index in [-0.39, 0.29) is 11.5 Å². The van der Waals surface area contributed by atoms with Crippen molar-refractivity contribution < 1.29 is 13.0 Å². The van der Waals surface area contributed by atoms with E-state index in [1.807, 2.05) is 0 Å². The molecular formula is C11H23NO3S. The van der Waals surface area contributed by atoms with E-state index in [0.717, 1.165) is 12.8 Å². The normalized spacial score (nSPS) is 32.3. The summed E-state index contributed by atoms with van der Waals surface area (Å²) in [5.41, 5.74) is 0.244. The first-order valence-corrected chi connectivity index (χ1v) is 7.33. The fourth-order valence-electron chi connectivity index (χ4n) is 2.89. The molecule has 1 rings (SSSR count). The highest BCUT2D eigenvalue weighted by atomic mass is 32.2. The molecule has 0 spiro atoms. The molecule has 1 aliphatic carbocycles. The first-order chi connectivity index (χ1) is 7.10. The Balaban J connectivity index is 2.62. The van der Waals surface area contributed by atoms with Crippen LogP contribution < -0.4 is 5.32 Å². The Bertz CT molecular complexity index is 337. The fourth-order valence-corrected chi connectivity index (χ4v) is 3.26. The Labute approximate surface area is 98.6 Å². The molecule has 1 saturated carbocycles. The number of hydrogen-bond acceptors (Lipinski definition) is 3. The Morgan fingerprint density at radius 2 is 1.94 bits per heavy atom. The van der Waals surface area contributed by atoms with Gasteiger partial charge in [0.25, 0.3) is 10.1 Å². The van der Waals surface area contributed by atoms with E-state index in [0.29, 0.717) is 5.92 Å². The van der Waals surface area contributed by atoms with Crippen molar-refractivity contribution in [2.75, 3.05) is 0 Å². The Morgan fingerprint density at radius 1 is 1.38 bits per heavy atom. The molecule has 0 saturated heterocycles. The van der Waals surface area contributed by atoms with E-state index in [1.54, 1.807) is 0 Å². The van der Waals surface area contributed by atoms with E-state index in [1.165, 1.54) is 13.3 Å². The molecule has 1 aliphatic rings. The third-order valence-corrected chi connectivity index (χ3v) is 4.33. The summed E-state index contributed by atoms with van der Waals surface area (Å²) in [6, 6.07) is 0.177. The Morgan fingerprint density at radius 3 is 2.38 bits per heavy atom. The lowest BCUT2D eigenvalue weighted by molar-refractivity contribution is 0.150. The maximum atomic E-state index is 10.9. The van der Waals surface area contributed by atoms with Crippen molar-refractivity contribution in [3.05, 3.63) is 0 Å².